The van der Waals surface area contributed by atoms with Gasteiger partial charge in [0, 0.05) is 36.7 Å². The Hall–Kier alpha value is -0.510. The molecule has 1 N–H and O–H groups in total. The number of nitrogens with zero attached hydrogens (tertiary/aromatic N) is 1. The van der Waals surface area contributed by atoms with Crippen LogP contribution in [0.2, 0.25) is 0 Å². The Kier molecular flexibility index (Phi) is 3.92. The van der Waals surface area contributed by atoms with Crippen molar-refractivity contribution in [3.63, 3.8) is 0 Å². The van der Waals surface area contributed by atoms with Crippen molar-refractivity contribution in [1.29, 1.82) is 0 Å². The van der Waals surface area contributed by atoms with E-state index in [9.17, 15) is 0 Å². The van der Waals surface area contributed by atoms with Gasteiger partial charge in [-0.25, -0.2) is 0 Å². The average Bonchev–Trinajstić information content (AvgIpc) is 2.39. The summed E-state index contributed by atoms with van der Waals surface area (Å²) in [6.45, 7) is 7.13. The number of rotatable bonds is 2. The van der Waals surface area contributed by atoms with Gasteiger partial charge < -0.3 is 5.32 Å². The van der Waals surface area contributed by atoms with Crippen LogP contribution in [-0.4, -0.2) is 42.1 Å². The molecule has 2 aliphatic rings. The highest BCUT2D eigenvalue weighted by molar-refractivity contribution is 7.99. The van der Waals surface area contributed by atoms with Crippen LogP contribution in [0.5, 0.6) is 0 Å². The second-order valence-electron chi connectivity index (χ2n) is 5.40. The highest BCUT2D eigenvalue weighted by Gasteiger charge is 2.24. The lowest BCUT2D eigenvalue weighted by Crippen LogP contribution is -2.43. The molecule has 0 spiro atoms. The normalized spacial score (nSPS) is 28.9. The van der Waals surface area contributed by atoms with Crippen LogP contribution in [0.15, 0.2) is 24.3 Å². The van der Waals surface area contributed by atoms with Gasteiger partial charge in [-0.15, -0.1) is 0 Å². The van der Waals surface area contributed by atoms with Crippen LogP contribution < -0.4 is 5.32 Å². The highest BCUT2D eigenvalue weighted by Crippen LogP contribution is 2.25. The van der Waals surface area contributed by atoms with Gasteiger partial charge >= 0.3 is 0 Å². The summed E-state index contributed by atoms with van der Waals surface area (Å²) in [5, 5.41) is 4.48. The van der Waals surface area contributed by atoms with Crippen LogP contribution in [0, 0.1) is 0 Å². The number of nitrogens with one attached hydrogen (secondary N) is 1. The standard InChI is InChI=1S/C15H22N2S/c1-12-10-17(8-9-18-12)11-15-14-5-3-2-4-13(14)6-7-16-15/h2-5,12,15-16H,6-11H2,1H3. The van der Waals surface area contributed by atoms with Gasteiger partial charge in [0.2, 0.25) is 0 Å². The van der Waals surface area contributed by atoms with Gasteiger partial charge in [0.25, 0.3) is 0 Å². The van der Waals surface area contributed by atoms with E-state index in [0.717, 1.165) is 11.8 Å². The molecule has 2 aliphatic heterocycles. The maximum absolute atomic E-state index is 3.69. The van der Waals surface area contributed by atoms with Gasteiger partial charge in [-0.2, -0.15) is 11.8 Å². The van der Waals surface area contributed by atoms with E-state index in [1.54, 1.807) is 5.56 Å². The second kappa shape index (κ2) is 5.64. The first kappa shape index (κ1) is 12.5. The maximum atomic E-state index is 3.69. The second-order valence-corrected chi connectivity index (χ2v) is 6.94. The Bertz CT molecular complexity index is 407. The molecule has 2 unspecified atom stereocenters. The summed E-state index contributed by atoms with van der Waals surface area (Å²) in [4.78, 5) is 2.63. The predicted octanol–water partition coefficient (Wildman–Crippen LogP) is 2.31. The Balaban J connectivity index is 1.70. The maximum Gasteiger partial charge on any atom is 0.0452 e. The number of hydrogen-bond acceptors (Lipinski definition) is 3. The third-order valence-electron chi connectivity index (χ3n) is 3.98. The molecular weight excluding hydrogens is 240 g/mol. The van der Waals surface area contributed by atoms with E-state index in [-0.39, 0.29) is 0 Å². The third kappa shape index (κ3) is 2.73. The fourth-order valence-corrected chi connectivity index (χ4v) is 4.15. The summed E-state index contributed by atoms with van der Waals surface area (Å²) >= 11 is 2.11. The van der Waals surface area contributed by atoms with Crippen molar-refractivity contribution >= 4 is 11.8 Å². The molecule has 0 aliphatic carbocycles. The molecule has 18 heavy (non-hydrogen) atoms. The minimum atomic E-state index is 0.533. The smallest absolute Gasteiger partial charge is 0.0452 e. The molecule has 0 amide bonds. The molecule has 3 rings (SSSR count). The van der Waals surface area contributed by atoms with Gasteiger partial charge in [-0.1, -0.05) is 31.2 Å². The summed E-state index contributed by atoms with van der Waals surface area (Å²) in [5.41, 5.74) is 3.07. The fraction of sp³-hybridized carbons (Fsp3) is 0.600. The number of thioether (sulfide) groups is 1. The van der Waals surface area contributed by atoms with Crippen molar-refractivity contribution in [2.75, 3.05) is 31.9 Å². The summed E-state index contributed by atoms with van der Waals surface area (Å²) in [6.07, 6.45) is 1.18. The zero-order valence-electron chi connectivity index (χ0n) is 11.1. The molecule has 3 heteroatoms. The van der Waals surface area contributed by atoms with Gasteiger partial charge in [0.15, 0.2) is 0 Å². The van der Waals surface area contributed by atoms with Crippen molar-refractivity contribution in [3.05, 3.63) is 35.4 Å². The first-order valence-electron chi connectivity index (χ1n) is 6.98. The largest absolute Gasteiger partial charge is 0.309 e. The topological polar surface area (TPSA) is 15.3 Å². The van der Waals surface area contributed by atoms with Crippen LogP contribution in [-0.2, 0) is 6.42 Å². The molecule has 98 valence electrons. The molecule has 2 atom stereocenters. The van der Waals surface area contributed by atoms with Gasteiger partial charge in [0.1, 0.15) is 0 Å². The van der Waals surface area contributed by atoms with Crippen LogP contribution in [0.25, 0.3) is 0 Å². The van der Waals surface area contributed by atoms with Crippen molar-refractivity contribution in [3.8, 4) is 0 Å². The summed E-state index contributed by atoms with van der Waals surface area (Å²) in [5.74, 6) is 1.29. The predicted molar refractivity (Wildman–Crippen MR) is 79.2 cm³/mol. The highest BCUT2D eigenvalue weighted by atomic mass is 32.2. The quantitative estimate of drug-likeness (QED) is 0.880. The summed E-state index contributed by atoms with van der Waals surface area (Å²) in [7, 11) is 0. The van der Waals surface area contributed by atoms with Crippen LogP contribution in [0.3, 0.4) is 0 Å². The Morgan fingerprint density at radius 3 is 3.17 bits per heavy atom. The van der Waals surface area contributed by atoms with Gasteiger partial charge in [-0.3, -0.25) is 4.90 Å². The average molecular weight is 262 g/mol. The summed E-state index contributed by atoms with van der Waals surface area (Å²) < 4.78 is 0. The Morgan fingerprint density at radius 2 is 2.28 bits per heavy atom. The molecule has 0 saturated carbocycles. The molecule has 0 aromatic heterocycles. The molecule has 2 heterocycles. The molecule has 1 fully saturated rings. The van der Waals surface area contributed by atoms with Crippen LogP contribution in [0.4, 0.5) is 0 Å². The van der Waals surface area contributed by atoms with E-state index in [4.69, 9.17) is 0 Å². The van der Waals surface area contributed by atoms with E-state index in [1.165, 1.54) is 37.4 Å². The third-order valence-corrected chi connectivity index (χ3v) is 5.12. The number of hydrogen-bond donors (Lipinski definition) is 1. The van der Waals surface area contributed by atoms with E-state index in [1.807, 2.05) is 0 Å². The molecule has 0 radical (unpaired) electrons. The minimum Gasteiger partial charge on any atom is -0.309 e. The lowest BCUT2D eigenvalue weighted by Gasteiger charge is -2.35. The monoisotopic (exact) mass is 262 g/mol. The van der Waals surface area contributed by atoms with Gasteiger partial charge in [0.05, 0.1) is 0 Å². The molecule has 1 saturated heterocycles. The minimum absolute atomic E-state index is 0.533. The van der Waals surface area contributed by atoms with Crippen LogP contribution >= 0.6 is 11.8 Å². The zero-order valence-corrected chi connectivity index (χ0v) is 11.9. The lowest BCUT2D eigenvalue weighted by molar-refractivity contribution is 0.249. The first-order chi connectivity index (χ1) is 8.83. The van der Waals surface area contributed by atoms with Crippen molar-refractivity contribution in [2.45, 2.75) is 24.6 Å². The fourth-order valence-electron chi connectivity index (χ4n) is 3.07. The molecular formula is C15H22N2S. The number of benzene rings is 1. The SMILES string of the molecule is CC1CN(CC2NCCc3ccccc32)CCS1. The molecule has 1 aromatic carbocycles. The van der Waals surface area contributed by atoms with Gasteiger partial charge in [-0.05, 0) is 24.1 Å². The van der Waals surface area contributed by atoms with E-state index < -0.39 is 0 Å². The van der Waals surface area contributed by atoms with E-state index >= 15 is 0 Å². The van der Waals surface area contributed by atoms with Crippen molar-refractivity contribution in [2.24, 2.45) is 0 Å². The number of fused-ring (bicyclic) bond motifs is 1. The van der Waals surface area contributed by atoms with E-state index in [0.29, 0.717) is 6.04 Å². The van der Waals surface area contributed by atoms with Crippen molar-refractivity contribution in [1.82, 2.24) is 10.2 Å². The Morgan fingerprint density at radius 1 is 1.39 bits per heavy atom. The molecule has 2 nitrogen and oxygen atoms in total. The van der Waals surface area contributed by atoms with E-state index in [2.05, 4.69) is 53.2 Å². The Labute approximate surface area is 114 Å². The molecule has 1 aromatic rings. The molecule has 0 bridgehead atoms. The van der Waals surface area contributed by atoms with Crippen LogP contribution in [0.1, 0.15) is 24.1 Å². The van der Waals surface area contributed by atoms with Crippen molar-refractivity contribution < 1.29 is 0 Å². The first-order valence-corrected chi connectivity index (χ1v) is 8.03. The zero-order chi connectivity index (χ0) is 12.4. The lowest BCUT2D eigenvalue weighted by atomic mass is 9.94. The summed E-state index contributed by atoms with van der Waals surface area (Å²) in [6, 6.07) is 9.46.